The summed E-state index contributed by atoms with van der Waals surface area (Å²) in [6, 6.07) is 3.63. The molecule has 9 heteroatoms. The first-order valence-electron chi connectivity index (χ1n) is 7.46. The minimum atomic E-state index is -0.426. The van der Waals surface area contributed by atoms with Crippen molar-refractivity contribution in [3.05, 3.63) is 24.5 Å². The van der Waals surface area contributed by atoms with Crippen molar-refractivity contribution in [1.29, 1.82) is 0 Å². The Morgan fingerprint density at radius 2 is 2.08 bits per heavy atom. The summed E-state index contributed by atoms with van der Waals surface area (Å²) in [6.45, 7) is 0.670. The Bertz CT molecular complexity index is 904. The Kier molecular flexibility index (Phi) is 3.35. The molecule has 1 saturated heterocycles. The molecule has 0 saturated carbocycles. The van der Waals surface area contributed by atoms with Gasteiger partial charge in [0.2, 0.25) is 0 Å². The number of aromatic nitrogens is 4. The molecular weight excluding hydrogens is 314 g/mol. The van der Waals surface area contributed by atoms with E-state index in [2.05, 4.69) is 20.3 Å². The van der Waals surface area contributed by atoms with Crippen LogP contribution in [0.15, 0.2) is 24.5 Å². The van der Waals surface area contributed by atoms with E-state index in [0.717, 1.165) is 12.8 Å². The minimum Gasteiger partial charge on any atom is -0.508 e. The van der Waals surface area contributed by atoms with E-state index in [4.69, 9.17) is 4.74 Å². The lowest BCUT2D eigenvalue weighted by molar-refractivity contribution is 0.0592. The molecule has 1 aromatic carbocycles. The number of nitrogens with zero attached hydrogens (tertiary/aromatic N) is 4. The second-order valence-corrected chi connectivity index (χ2v) is 5.49. The largest absolute Gasteiger partial charge is 0.508 e. The van der Waals surface area contributed by atoms with Crippen molar-refractivity contribution in [2.45, 2.75) is 19.1 Å². The average Bonchev–Trinajstić information content (AvgIpc) is 3.19. The number of imidazole rings is 1. The smallest absolute Gasteiger partial charge is 0.318 e. The summed E-state index contributed by atoms with van der Waals surface area (Å²) in [5.41, 5.74) is 1.09. The van der Waals surface area contributed by atoms with E-state index in [1.54, 1.807) is 10.9 Å². The summed E-state index contributed by atoms with van der Waals surface area (Å²) < 4.78 is 7.37. The van der Waals surface area contributed by atoms with Crippen molar-refractivity contribution in [2.24, 2.45) is 0 Å². The number of fused-ring (bicyclic) bond motifs is 1. The first-order valence-corrected chi connectivity index (χ1v) is 7.46. The van der Waals surface area contributed by atoms with Gasteiger partial charge in [0.15, 0.2) is 17.0 Å². The molecule has 0 aliphatic carbocycles. The SMILES string of the molecule is Oc1ccc(O)c(Nc2nc(O)nc3c2ncn3C2CCCO2)c1. The molecule has 3 aromatic rings. The maximum Gasteiger partial charge on any atom is 0.318 e. The van der Waals surface area contributed by atoms with E-state index in [-0.39, 0.29) is 29.2 Å². The lowest BCUT2D eigenvalue weighted by Crippen LogP contribution is -2.07. The Hall–Kier alpha value is -3.07. The molecule has 0 spiro atoms. The highest BCUT2D eigenvalue weighted by Gasteiger charge is 2.22. The van der Waals surface area contributed by atoms with Gasteiger partial charge in [0.1, 0.15) is 17.7 Å². The molecule has 4 rings (SSSR count). The fourth-order valence-corrected chi connectivity index (χ4v) is 2.73. The van der Waals surface area contributed by atoms with Crippen LogP contribution in [0.4, 0.5) is 11.5 Å². The third-order valence-electron chi connectivity index (χ3n) is 3.86. The lowest BCUT2D eigenvalue weighted by Gasteiger charge is -2.12. The molecule has 0 bridgehead atoms. The molecule has 0 amide bonds. The van der Waals surface area contributed by atoms with Crippen molar-refractivity contribution >= 4 is 22.7 Å². The summed E-state index contributed by atoms with van der Waals surface area (Å²) in [5, 5.41) is 32.2. The topological polar surface area (TPSA) is 126 Å². The number of benzene rings is 1. The standard InChI is InChI=1S/C15H15N5O4/c21-8-3-4-10(22)9(6-8)17-13-12-14(19-15(23)18-13)20(7-16-12)11-2-1-5-24-11/h3-4,6-7,11,21-22H,1-2,5H2,(H2,17,18,19,23). The van der Waals surface area contributed by atoms with Gasteiger partial charge in [0.25, 0.3) is 0 Å². The van der Waals surface area contributed by atoms with Gasteiger partial charge in [-0.3, -0.25) is 4.57 Å². The number of phenolic OH excluding ortho intramolecular Hbond substituents is 2. The fourth-order valence-electron chi connectivity index (χ4n) is 2.73. The Morgan fingerprint density at radius 1 is 1.21 bits per heavy atom. The molecule has 0 radical (unpaired) electrons. The number of phenols is 2. The van der Waals surface area contributed by atoms with Gasteiger partial charge in [-0.2, -0.15) is 9.97 Å². The van der Waals surface area contributed by atoms with Gasteiger partial charge in [-0.05, 0) is 25.0 Å². The molecule has 124 valence electrons. The molecule has 2 aromatic heterocycles. The molecule has 1 aliphatic rings. The fraction of sp³-hybridized carbons (Fsp3) is 0.267. The van der Waals surface area contributed by atoms with Crippen LogP contribution in [0, 0.1) is 0 Å². The second kappa shape index (κ2) is 5.53. The molecule has 1 unspecified atom stereocenters. The molecule has 9 nitrogen and oxygen atoms in total. The number of rotatable bonds is 3. The van der Waals surface area contributed by atoms with E-state index in [1.807, 2.05) is 0 Å². The van der Waals surface area contributed by atoms with Crippen LogP contribution in [0.25, 0.3) is 11.2 Å². The molecular formula is C15H15N5O4. The Labute approximate surface area is 136 Å². The predicted octanol–water partition coefficient (Wildman–Crippen LogP) is 2.00. The molecule has 1 fully saturated rings. The molecule has 4 N–H and O–H groups in total. The van der Waals surface area contributed by atoms with E-state index >= 15 is 0 Å². The van der Waals surface area contributed by atoms with Gasteiger partial charge in [-0.15, -0.1) is 0 Å². The second-order valence-electron chi connectivity index (χ2n) is 5.49. The third-order valence-corrected chi connectivity index (χ3v) is 3.86. The van der Waals surface area contributed by atoms with Gasteiger partial charge in [-0.1, -0.05) is 0 Å². The monoisotopic (exact) mass is 329 g/mol. The molecule has 3 heterocycles. The number of hydrogen-bond donors (Lipinski definition) is 4. The van der Waals surface area contributed by atoms with Crippen LogP contribution < -0.4 is 5.32 Å². The van der Waals surface area contributed by atoms with Gasteiger partial charge >= 0.3 is 6.01 Å². The predicted molar refractivity (Wildman–Crippen MR) is 84.3 cm³/mol. The van der Waals surface area contributed by atoms with Crippen LogP contribution >= 0.6 is 0 Å². The van der Waals surface area contributed by atoms with Crippen molar-refractivity contribution < 1.29 is 20.1 Å². The van der Waals surface area contributed by atoms with E-state index in [9.17, 15) is 15.3 Å². The zero-order valence-corrected chi connectivity index (χ0v) is 12.5. The van der Waals surface area contributed by atoms with Gasteiger partial charge in [0.05, 0.1) is 12.0 Å². The van der Waals surface area contributed by atoms with Crippen molar-refractivity contribution in [3.8, 4) is 17.5 Å². The quantitative estimate of drug-likeness (QED) is 0.424. The number of hydrogen-bond acceptors (Lipinski definition) is 8. The van der Waals surface area contributed by atoms with Gasteiger partial charge in [-0.25, -0.2) is 4.98 Å². The minimum absolute atomic E-state index is 0.0188. The van der Waals surface area contributed by atoms with Crippen LogP contribution in [-0.4, -0.2) is 41.4 Å². The van der Waals surface area contributed by atoms with Crippen LogP contribution in [-0.2, 0) is 4.74 Å². The zero-order chi connectivity index (χ0) is 16.7. The molecule has 1 aliphatic heterocycles. The summed E-state index contributed by atoms with van der Waals surface area (Å²) >= 11 is 0. The van der Waals surface area contributed by atoms with Crippen LogP contribution in [0.5, 0.6) is 17.5 Å². The van der Waals surface area contributed by atoms with Crippen LogP contribution in [0.2, 0.25) is 0 Å². The van der Waals surface area contributed by atoms with Crippen molar-refractivity contribution in [1.82, 2.24) is 19.5 Å². The molecule has 1 atom stereocenters. The first kappa shape index (κ1) is 14.5. The third kappa shape index (κ3) is 2.44. The maximum absolute atomic E-state index is 9.89. The maximum atomic E-state index is 9.89. The summed E-state index contributed by atoms with van der Waals surface area (Å²) in [6.07, 6.45) is 3.20. The summed E-state index contributed by atoms with van der Waals surface area (Å²) in [7, 11) is 0. The Morgan fingerprint density at radius 3 is 2.88 bits per heavy atom. The van der Waals surface area contributed by atoms with Crippen LogP contribution in [0.3, 0.4) is 0 Å². The molecule has 24 heavy (non-hydrogen) atoms. The van der Waals surface area contributed by atoms with E-state index < -0.39 is 6.01 Å². The highest BCUT2D eigenvalue weighted by Crippen LogP contribution is 2.33. The normalized spacial score (nSPS) is 17.4. The Balaban J connectivity index is 1.79. The van der Waals surface area contributed by atoms with Crippen molar-refractivity contribution in [3.63, 3.8) is 0 Å². The zero-order valence-electron chi connectivity index (χ0n) is 12.5. The number of nitrogens with one attached hydrogen (secondary N) is 1. The first-order chi connectivity index (χ1) is 11.6. The highest BCUT2D eigenvalue weighted by molar-refractivity contribution is 5.86. The van der Waals surface area contributed by atoms with E-state index in [0.29, 0.717) is 17.8 Å². The number of anilines is 2. The highest BCUT2D eigenvalue weighted by atomic mass is 16.5. The number of ether oxygens (including phenoxy) is 1. The van der Waals surface area contributed by atoms with E-state index in [1.165, 1.54) is 18.2 Å². The summed E-state index contributed by atoms with van der Waals surface area (Å²) in [5.74, 6) is 0.127. The van der Waals surface area contributed by atoms with Crippen LogP contribution in [0.1, 0.15) is 19.1 Å². The number of aromatic hydroxyl groups is 3. The van der Waals surface area contributed by atoms with Crippen molar-refractivity contribution in [2.75, 3.05) is 11.9 Å². The van der Waals surface area contributed by atoms with Gasteiger partial charge in [0, 0.05) is 12.7 Å². The lowest BCUT2D eigenvalue weighted by atomic mass is 10.2. The average molecular weight is 329 g/mol. The van der Waals surface area contributed by atoms with Gasteiger partial charge < -0.3 is 25.4 Å². The summed E-state index contributed by atoms with van der Waals surface area (Å²) in [4.78, 5) is 12.3.